The molecule has 0 saturated heterocycles. The Kier molecular flexibility index (Phi) is 4.54. The average molecular weight is 254 g/mol. The molecule has 3 nitrogen and oxygen atoms in total. The van der Waals surface area contributed by atoms with Crippen LogP contribution in [0.4, 0.5) is 0 Å². The van der Waals surface area contributed by atoms with Crippen LogP contribution in [0.5, 0.6) is 0 Å². The molecule has 1 aliphatic rings. The summed E-state index contributed by atoms with van der Waals surface area (Å²) in [6.07, 6.45) is 5.52. The summed E-state index contributed by atoms with van der Waals surface area (Å²) < 4.78 is 0. The molecule has 1 fully saturated rings. The number of thiazole rings is 1. The molecule has 1 aliphatic carbocycles. The van der Waals surface area contributed by atoms with Gasteiger partial charge in [-0.05, 0) is 26.7 Å². The second kappa shape index (κ2) is 5.94. The zero-order valence-electron chi connectivity index (χ0n) is 10.7. The molecular formula is C13H22N2OS. The van der Waals surface area contributed by atoms with E-state index in [9.17, 15) is 5.11 Å². The maximum atomic E-state index is 10.0. The Balaban J connectivity index is 1.90. The van der Waals surface area contributed by atoms with E-state index in [1.54, 1.807) is 11.3 Å². The number of aliphatic hydroxyl groups is 1. The summed E-state index contributed by atoms with van der Waals surface area (Å²) in [5, 5.41) is 14.7. The van der Waals surface area contributed by atoms with Gasteiger partial charge in [-0.25, -0.2) is 4.98 Å². The Bertz CT molecular complexity index is 364. The van der Waals surface area contributed by atoms with Crippen LogP contribution in [0.1, 0.15) is 47.7 Å². The van der Waals surface area contributed by atoms with Gasteiger partial charge in [0.1, 0.15) is 0 Å². The first-order valence-corrected chi connectivity index (χ1v) is 7.33. The molecule has 2 atom stereocenters. The Hall–Kier alpha value is -0.450. The number of hydrogen-bond donors (Lipinski definition) is 2. The highest BCUT2D eigenvalue weighted by Crippen LogP contribution is 2.20. The van der Waals surface area contributed by atoms with Crippen molar-refractivity contribution in [1.29, 1.82) is 0 Å². The van der Waals surface area contributed by atoms with E-state index in [0.29, 0.717) is 0 Å². The van der Waals surface area contributed by atoms with E-state index in [-0.39, 0.29) is 12.1 Å². The smallest absolute Gasteiger partial charge is 0.0900 e. The second-order valence-electron chi connectivity index (χ2n) is 4.93. The molecule has 0 amide bonds. The lowest BCUT2D eigenvalue weighted by Crippen LogP contribution is -2.38. The molecule has 2 N–H and O–H groups in total. The van der Waals surface area contributed by atoms with Crippen molar-refractivity contribution in [3.8, 4) is 0 Å². The number of aliphatic hydroxyl groups excluding tert-OH is 1. The Labute approximate surface area is 107 Å². The molecule has 0 radical (unpaired) electrons. The van der Waals surface area contributed by atoms with Gasteiger partial charge >= 0.3 is 0 Å². The van der Waals surface area contributed by atoms with Gasteiger partial charge in [0.05, 0.1) is 16.8 Å². The number of aryl methyl sites for hydroxylation is 2. The van der Waals surface area contributed by atoms with Crippen LogP contribution in [0.25, 0.3) is 0 Å². The molecule has 0 spiro atoms. The van der Waals surface area contributed by atoms with E-state index in [1.165, 1.54) is 17.7 Å². The maximum Gasteiger partial charge on any atom is 0.0900 e. The van der Waals surface area contributed by atoms with Crippen molar-refractivity contribution >= 4 is 11.3 Å². The summed E-state index contributed by atoms with van der Waals surface area (Å²) in [5.74, 6) is 0. The molecule has 96 valence electrons. The molecule has 0 bridgehead atoms. The third-order valence-corrected chi connectivity index (χ3v) is 4.58. The highest BCUT2D eigenvalue weighted by Gasteiger charge is 2.21. The van der Waals surface area contributed by atoms with Gasteiger partial charge in [0.15, 0.2) is 0 Å². The molecule has 0 aliphatic heterocycles. The highest BCUT2D eigenvalue weighted by atomic mass is 32.1. The van der Waals surface area contributed by atoms with Crippen LogP contribution in [-0.2, 0) is 6.54 Å². The van der Waals surface area contributed by atoms with Crippen molar-refractivity contribution in [1.82, 2.24) is 10.3 Å². The van der Waals surface area contributed by atoms with E-state index in [2.05, 4.69) is 17.2 Å². The number of rotatable bonds is 3. The summed E-state index contributed by atoms with van der Waals surface area (Å²) in [4.78, 5) is 5.73. The first-order chi connectivity index (χ1) is 8.16. The van der Waals surface area contributed by atoms with Crippen LogP contribution in [0.15, 0.2) is 0 Å². The number of hydrogen-bond acceptors (Lipinski definition) is 4. The summed E-state index contributed by atoms with van der Waals surface area (Å²) in [6.45, 7) is 4.95. The first kappa shape index (κ1) is 13.0. The summed E-state index contributed by atoms with van der Waals surface area (Å²) in [5.41, 5.74) is 1.13. The fourth-order valence-corrected chi connectivity index (χ4v) is 3.38. The third-order valence-electron chi connectivity index (χ3n) is 3.50. The summed E-state index contributed by atoms with van der Waals surface area (Å²) in [7, 11) is 0. The number of aromatic nitrogens is 1. The van der Waals surface area contributed by atoms with E-state index < -0.39 is 0 Å². The fourth-order valence-electron chi connectivity index (χ4n) is 2.49. The molecule has 1 aromatic rings. The van der Waals surface area contributed by atoms with Gasteiger partial charge in [-0.15, -0.1) is 11.3 Å². The number of nitrogens with zero attached hydrogens (tertiary/aromatic N) is 1. The van der Waals surface area contributed by atoms with Crippen molar-refractivity contribution in [3.63, 3.8) is 0 Å². The second-order valence-corrected chi connectivity index (χ2v) is 6.22. The van der Waals surface area contributed by atoms with Gasteiger partial charge < -0.3 is 10.4 Å². The SMILES string of the molecule is Cc1nc(C)c(CNC2CCCCCC2O)s1. The first-order valence-electron chi connectivity index (χ1n) is 6.51. The van der Waals surface area contributed by atoms with Crippen LogP contribution < -0.4 is 5.32 Å². The lowest BCUT2D eigenvalue weighted by Gasteiger charge is -2.21. The molecule has 2 unspecified atom stereocenters. The Morgan fingerprint density at radius 3 is 2.76 bits per heavy atom. The molecule has 17 heavy (non-hydrogen) atoms. The van der Waals surface area contributed by atoms with Gasteiger partial charge in [0, 0.05) is 17.5 Å². The lowest BCUT2D eigenvalue weighted by molar-refractivity contribution is 0.119. The minimum atomic E-state index is -0.174. The van der Waals surface area contributed by atoms with Crippen molar-refractivity contribution in [2.24, 2.45) is 0 Å². The van der Waals surface area contributed by atoms with E-state index >= 15 is 0 Å². The van der Waals surface area contributed by atoms with E-state index in [4.69, 9.17) is 0 Å². The van der Waals surface area contributed by atoms with Crippen LogP contribution in [-0.4, -0.2) is 22.2 Å². The monoisotopic (exact) mass is 254 g/mol. The van der Waals surface area contributed by atoms with Gasteiger partial charge in [-0.1, -0.05) is 19.3 Å². The maximum absolute atomic E-state index is 10.0. The quantitative estimate of drug-likeness (QED) is 0.815. The zero-order chi connectivity index (χ0) is 12.3. The Morgan fingerprint density at radius 2 is 2.06 bits per heavy atom. The molecular weight excluding hydrogens is 232 g/mol. The molecule has 0 aromatic carbocycles. The average Bonchev–Trinajstić information content (AvgIpc) is 2.48. The molecule has 2 rings (SSSR count). The van der Waals surface area contributed by atoms with Crippen LogP contribution >= 0.6 is 11.3 Å². The summed E-state index contributed by atoms with van der Waals surface area (Å²) in [6, 6.07) is 0.263. The zero-order valence-corrected chi connectivity index (χ0v) is 11.5. The largest absolute Gasteiger partial charge is 0.392 e. The predicted molar refractivity (Wildman–Crippen MR) is 71.3 cm³/mol. The third kappa shape index (κ3) is 3.50. The van der Waals surface area contributed by atoms with Crippen LogP contribution in [0, 0.1) is 13.8 Å². The molecule has 1 saturated carbocycles. The van der Waals surface area contributed by atoms with Crippen LogP contribution in [0.3, 0.4) is 0 Å². The lowest BCUT2D eigenvalue weighted by atomic mass is 10.1. The van der Waals surface area contributed by atoms with E-state index in [0.717, 1.165) is 36.5 Å². The highest BCUT2D eigenvalue weighted by molar-refractivity contribution is 7.11. The molecule has 1 heterocycles. The fraction of sp³-hybridized carbons (Fsp3) is 0.769. The minimum absolute atomic E-state index is 0.174. The van der Waals surface area contributed by atoms with Crippen molar-refractivity contribution in [2.45, 2.75) is 64.6 Å². The van der Waals surface area contributed by atoms with Gasteiger partial charge in [-0.3, -0.25) is 0 Å². The van der Waals surface area contributed by atoms with Crippen molar-refractivity contribution in [2.75, 3.05) is 0 Å². The van der Waals surface area contributed by atoms with Crippen molar-refractivity contribution < 1.29 is 5.11 Å². The molecule has 4 heteroatoms. The summed E-state index contributed by atoms with van der Waals surface area (Å²) >= 11 is 1.75. The predicted octanol–water partition coefficient (Wildman–Crippen LogP) is 2.54. The standard InChI is InChI=1S/C13H22N2OS/c1-9-13(17-10(2)15-9)8-14-11-6-4-3-5-7-12(11)16/h11-12,14,16H,3-8H2,1-2H3. The van der Waals surface area contributed by atoms with E-state index in [1.807, 2.05) is 6.92 Å². The van der Waals surface area contributed by atoms with Crippen molar-refractivity contribution in [3.05, 3.63) is 15.6 Å². The topological polar surface area (TPSA) is 45.2 Å². The Morgan fingerprint density at radius 1 is 1.29 bits per heavy atom. The van der Waals surface area contributed by atoms with Gasteiger partial charge in [-0.2, -0.15) is 0 Å². The minimum Gasteiger partial charge on any atom is -0.392 e. The normalized spacial score (nSPS) is 25.8. The van der Waals surface area contributed by atoms with Crippen LogP contribution in [0.2, 0.25) is 0 Å². The molecule has 1 aromatic heterocycles. The van der Waals surface area contributed by atoms with Gasteiger partial charge in [0.25, 0.3) is 0 Å². The van der Waals surface area contributed by atoms with Gasteiger partial charge in [0.2, 0.25) is 0 Å². The number of nitrogens with one attached hydrogen (secondary N) is 1.